The molecule has 1 saturated heterocycles. The van der Waals surface area contributed by atoms with Gasteiger partial charge in [0.15, 0.2) is 0 Å². The number of carbonyl (C=O) groups is 1. The van der Waals surface area contributed by atoms with E-state index in [1.807, 2.05) is 13.8 Å². The van der Waals surface area contributed by atoms with E-state index in [2.05, 4.69) is 37.2 Å². The molecule has 0 unspecified atom stereocenters. The molecule has 1 heterocycles. The van der Waals surface area contributed by atoms with Crippen LogP contribution in [0.4, 0.5) is 0 Å². The summed E-state index contributed by atoms with van der Waals surface area (Å²) in [5.74, 6) is 0.297. The van der Waals surface area contributed by atoms with Gasteiger partial charge in [0, 0.05) is 29.4 Å². The van der Waals surface area contributed by atoms with Crippen LogP contribution in [0.5, 0.6) is 0 Å². The molecule has 5 heteroatoms. The van der Waals surface area contributed by atoms with Crippen LogP contribution in [0.25, 0.3) is 0 Å². The maximum atomic E-state index is 12.0. The molecule has 1 fully saturated rings. The predicted octanol–water partition coefficient (Wildman–Crippen LogP) is 1.69. The van der Waals surface area contributed by atoms with Gasteiger partial charge in [0.05, 0.1) is 19.0 Å². The minimum absolute atomic E-state index is 0.0931. The smallest absolute Gasteiger partial charge is 0.311 e. The lowest BCUT2D eigenvalue weighted by atomic mass is 9.83. The van der Waals surface area contributed by atoms with Crippen LogP contribution < -0.4 is 5.32 Å². The Bertz CT molecular complexity index is 249. The topological polar surface area (TPSA) is 42.9 Å². The zero-order valence-corrected chi connectivity index (χ0v) is 13.7. The van der Waals surface area contributed by atoms with Crippen LogP contribution >= 0.6 is 31.9 Å². The van der Waals surface area contributed by atoms with Crippen LogP contribution in [-0.2, 0) is 9.53 Å². The number of carbonyl (C=O) groups excluding carboxylic acids is 1. The molecule has 0 bridgehead atoms. The summed E-state index contributed by atoms with van der Waals surface area (Å²) in [6.07, 6.45) is 2.27. The molecule has 3 nitrogen and oxygen atoms in total. The molecule has 1 rings (SSSR count). The normalized spacial score (nSPS) is 18.4. The number of halogens is 2. The second-order valence-corrected chi connectivity index (χ2v) is 6.47. The Morgan fingerprint density at radius 3 is 2.35 bits per heavy atom. The standard InChI is InChI=1S/C12H21Br2NO2/c1-12(2,10-3-5-15-6-4-10)17-11(16)9(7-13)8-14/h9-10,15H,3-8H2,1-2H3/p+1. The van der Waals surface area contributed by atoms with Crippen molar-refractivity contribution in [1.82, 2.24) is 0 Å². The van der Waals surface area contributed by atoms with E-state index in [4.69, 9.17) is 4.74 Å². The summed E-state index contributed by atoms with van der Waals surface area (Å²) in [7, 11) is 0. The highest BCUT2D eigenvalue weighted by molar-refractivity contribution is 9.09. The third-order valence-corrected chi connectivity index (χ3v) is 5.05. The van der Waals surface area contributed by atoms with Crippen LogP contribution in [0.2, 0.25) is 0 Å². The maximum Gasteiger partial charge on any atom is 0.311 e. The molecule has 0 aliphatic carbocycles. The van der Waals surface area contributed by atoms with Crippen molar-refractivity contribution in [1.29, 1.82) is 0 Å². The predicted molar refractivity (Wildman–Crippen MR) is 75.6 cm³/mol. The summed E-state index contributed by atoms with van der Waals surface area (Å²) in [5.41, 5.74) is -0.339. The van der Waals surface area contributed by atoms with Gasteiger partial charge in [0.1, 0.15) is 5.60 Å². The largest absolute Gasteiger partial charge is 0.459 e. The second-order valence-electron chi connectivity index (χ2n) is 5.17. The highest BCUT2D eigenvalue weighted by Crippen LogP contribution is 2.29. The molecule has 0 spiro atoms. The van der Waals surface area contributed by atoms with E-state index < -0.39 is 0 Å². The Kier molecular flexibility index (Phi) is 6.45. The first-order chi connectivity index (χ1) is 8.01. The number of ether oxygens (including phenoxy) is 1. The van der Waals surface area contributed by atoms with Gasteiger partial charge >= 0.3 is 5.97 Å². The lowest BCUT2D eigenvalue weighted by Crippen LogP contribution is -2.86. The van der Waals surface area contributed by atoms with E-state index in [0.717, 1.165) is 25.9 Å². The average molecular weight is 372 g/mol. The fraction of sp³-hybridized carbons (Fsp3) is 0.917. The van der Waals surface area contributed by atoms with E-state index in [1.54, 1.807) is 0 Å². The second kappa shape index (κ2) is 7.10. The summed E-state index contributed by atoms with van der Waals surface area (Å²) in [6.45, 7) is 6.37. The van der Waals surface area contributed by atoms with E-state index in [0.29, 0.717) is 16.6 Å². The van der Waals surface area contributed by atoms with Crippen LogP contribution in [0.3, 0.4) is 0 Å². The molecule has 0 aromatic rings. The summed E-state index contributed by atoms with van der Waals surface area (Å²) in [6, 6.07) is 0. The van der Waals surface area contributed by atoms with Gasteiger partial charge in [0.25, 0.3) is 0 Å². The van der Waals surface area contributed by atoms with Crippen molar-refractivity contribution in [2.24, 2.45) is 11.8 Å². The van der Waals surface area contributed by atoms with E-state index in [1.165, 1.54) is 0 Å². The number of esters is 1. The summed E-state index contributed by atoms with van der Waals surface area (Å²) in [5, 5.41) is 3.62. The molecule has 0 aromatic heterocycles. The zero-order chi connectivity index (χ0) is 12.9. The van der Waals surface area contributed by atoms with Crippen molar-refractivity contribution in [3.8, 4) is 0 Å². The van der Waals surface area contributed by atoms with Crippen molar-refractivity contribution in [2.75, 3.05) is 23.7 Å². The summed E-state index contributed by atoms with van der Waals surface area (Å²) in [4.78, 5) is 12.0. The molecule has 0 amide bonds. The Hall–Kier alpha value is 0.390. The lowest BCUT2D eigenvalue weighted by molar-refractivity contribution is -0.665. The van der Waals surface area contributed by atoms with Gasteiger partial charge in [-0.1, -0.05) is 31.9 Å². The Balaban J connectivity index is 2.54. The molecule has 17 heavy (non-hydrogen) atoms. The van der Waals surface area contributed by atoms with Crippen molar-refractivity contribution >= 4 is 37.8 Å². The highest BCUT2D eigenvalue weighted by Gasteiger charge is 2.36. The minimum atomic E-state index is -0.339. The molecule has 0 atom stereocenters. The summed E-state index contributed by atoms with van der Waals surface area (Å²) >= 11 is 6.69. The minimum Gasteiger partial charge on any atom is -0.459 e. The highest BCUT2D eigenvalue weighted by atomic mass is 79.9. The fourth-order valence-corrected chi connectivity index (χ4v) is 3.82. The third kappa shape index (κ3) is 4.52. The molecular weight excluding hydrogens is 350 g/mol. The molecule has 1 aliphatic rings. The average Bonchev–Trinajstić information content (AvgIpc) is 2.31. The lowest BCUT2D eigenvalue weighted by Gasteiger charge is -2.36. The van der Waals surface area contributed by atoms with E-state index >= 15 is 0 Å². The number of hydrogen-bond acceptors (Lipinski definition) is 2. The van der Waals surface area contributed by atoms with Crippen LogP contribution in [-0.4, -0.2) is 35.3 Å². The number of piperidine rings is 1. The number of alkyl halides is 2. The van der Waals surface area contributed by atoms with Crippen molar-refractivity contribution < 1.29 is 14.8 Å². The molecule has 0 aromatic carbocycles. The van der Waals surface area contributed by atoms with Gasteiger partial charge in [-0.25, -0.2) is 0 Å². The van der Waals surface area contributed by atoms with Crippen LogP contribution in [0.15, 0.2) is 0 Å². The van der Waals surface area contributed by atoms with E-state index in [9.17, 15) is 4.79 Å². The monoisotopic (exact) mass is 370 g/mol. The van der Waals surface area contributed by atoms with Crippen molar-refractivity contribution in [3.05, 3.63) is 0 Å². The number of hydrogen-bond donors (Lipinski definition) is 1. The molecule has 0 radical (unpaired) electrons. The number of quaternary nitrogens is 1. The third-order valence-electron chi connectivity index (χ3n) is 3.49. The Morgan fingerprint density at radius 2 is 1.88 bits per heavy atom. The summed E-state index contributed by atoms with van der Waals surface area (Å²) < 4.78 is 5.71. The number of nitrogens with two attached hydrogens (primary N) is 1. The molecule has 0 saturated carbocycles. The SMILES string of the molecule is CC(C)(OC(=O)C(CBr)CBr)C1CC[NH2+]CC1. The Morgan fingerprint density at radius 1 is 1.35 bits per heavy atom. The zero-order valence-electron chi connectivity index (χ0n) is 10.5. The van der Waals surface area contributed by atoms with Crippen molar-refractivity contribution in [2.45, 2.75) is 32.3 Å². The first-order valence-electron chi connectivity index (χ1n) is 6.17. The van der Waals surface area contributed by atoms with Gasteiger partial charge in [0.2, 0.25) is 0 Å². The van der Waals surface area contributed by atoms with Gasteiger partial charge in [-0.05, 0) is 13.8 Å². The van der Waals surface area contributed by atoms with Gasteiger partial charge in [-0.15, -0.1) is 0 Å². The first kappa shape index (κ1) is 15.4. The van der Waals surface area contributed by atoms with Crippen LogP contribution in [0, 0.1) is 11.8 Å². The number of rotatable bonds is 5. The molecule has 2 N–H and O–H groups in total. The van der Waals surface area contributed by atoms with Gasteiger partial charge in [-0.2, -0.15) is 0 Å². The quantitative estimate of drug-likeness (QED) is 0.590. The van der Waals surface area contributed by atoms with Gasteiger partial charge in [-0.3, -0.25) is 4.79 Å². The fourth-order valence-electron chi connectivity index (χ4n) is 2.22. The van der Waals surface area contributed by atoms with Crippen molar-refractivity contribution in [3.63, 3.8) is 0 Å². The van der Waals surface area contributed by atoms with Crippen LogP contribution in [0.1, 0.15) is 26.7 Å². The maximum absolute atomic E-state index is 12.0. The van der Waals surface area contributed by atoms with E-state index in [-0.39, 0.29) is 17.5 Å². The molecule has 1 aliphatic heterocycles. The molecule has 100 valence electrons. The Labute approximate surface area is 120 Å². The van der Waals surface area contributed by atoms with Gasteiger partial charge < -0.3 is 10.1 Å². The first-order valence-corrected chi connectivity index (χ1v) is 8.42. The molecular formula is C12H22Br2NO2+.